The molecule has 0 spiro atoms. The summed E-state index contributed by atoms with van der Waals surface area (Å²) in [4.78, 5) is 5.75. The van der Waals surface area contributed by atoms with Crippen LogP contribution in [0, 0.1) is 0 Å². The Kier molecular flexibility index (Phi) is 4.49. The number of sulfonamides is 1. The molecule has 21 heavy (non-hydrogen) atoms. The molecule has 1 heterocycles. The predicted molar refractivity (Wildman–Crippen MR) is 82.5 cm³/mol. The highest BCUT2D eigenvalue weighted by atomic mass is 32.2. The molecule has 1 aromatic carbocycles. The lowest BCUT2D eigenvalue weighted by atomic mass is 10.3. The summed E-state index contributed by atoms with van der Waals surface area (Å²) in [6.45, 7) is 0.819. The van der Waals surface area contributed by atoms with E-state index in [0.29, 0.717) is 6.54 Å². The third-order valence-corrected chi connectivity index (χ3v) is 4.69. The van der Waals surface area contributed by atoms with Crippen LogP contribution in [-0.2, 0) is 17.1 Å². The predicted octanol–water partition coefficient (Wildman–Crippen LogP) is 0.417. The SMILES string of the molecule is CN(CCNS(=O)(=O)c1c(N)ncn1C)c1ccccc1. The number of anilines is 2. The fourth-order valence-corrected chi connectivity index (χ4v) is 3.24. The van der Waals surface area contributed by atoms with E-state index in [9.17, 15) is 8.42 Å². The quantitative estimate of drug-likeness (QED) is 0.806. The van der Waals surface area contributed by atoms with E-state index in [4.69, 9.17) is 5.73 Å². The summed E-state index contributed by atoms with van der Waals surface area (Å²) in [5.74, 6) is 0.00131. The van der Waals surface area contributed by atoms with Crippen molar-refractivity contribution in [1.29, 1.82) is 0 Å². The highest BCUT2D eigenvalue weighted by molar-refractivity contribution is 7.89. The summed E-state index contributed by atoms with van der Waals surface area (Å²) < 4.78 is 28.3. The number of likely N-dealkylation sites (N-methyl/N-ethyl adjacent to an activating group) is 1. The Hall–Kier alpha value is -2.06. The number of hydrogen-bond donors (Lipinski definition) is 2. The summed E-state index contributed by atoms with van der Waals surface area (Å²) in [6.07, 6.45) is 1.37. The van der Waals surface area contributed by atoms with Gasteiger partial charge in [-0.2, -0.15) is 0 Å². The lowest BCUT2D eigenvalue weighted by Crippen LogP contribution is -2.34. The molecule has 0 radical (unpaired) electrons. The fourth-order valence-electron chi connectivity index (χ4n) is 1.99. The molecule has 2 aromatic rings. The zero-order chi connectivity index (χ0) is 15.5. The topological polar surface area (TPSA) is 93.2 Å². The number of hydrogen-bond acceptors (Lipinski definition) is 5. The van der Waals surface area contributed by atoms with Gasteiger partial charge in [0, 0.05) is 32.9 Å². The van der Waals surface area contributed by atoms with Crippen LogP contribution in [-0.4, -0.2) is 38.1 Å². The van der Waals surface area contributed by atoms with Gasteiger partial charge < -0.3 is 15.2 Å². The minimum absolute atomic E-state index is 0.00131. The number of nitrogens with zero attached hydrogens (tertiary/aromatic N) is 3. The maximum absolute atomic E-state index is 12.2. The third-order valence-electron chi connectivity index (χ3n) is 3.10. The Labute approximate surface area is 124 Å². The van der Waals surface area contributed by atoms with Crippen LogP contribution in [0.4, 0.5) is 11.5 Å². The Bertz CT molecular complexity index is 677. The summed E-state index contributed by atoms with van der Waals surface area (Å²) in [7, 11) is -0.161. The van der Waals surface area contributed by atoms with Gasteiger partial charge in [0.2, 0.25) is 0 Å². The van der Waals surface area contributed by atoms with Crippen molar-refractivity contribution in [2.45, 2.75) is 5.03 Å². The maximum atomic E-state index is 12.2. The molecule has 0 aliphatic rings. The Morgan fingerprint density at radius 2 is 2.00 bits per heavy atom. The molecule has 0 aliphatic heterocycles. The lowest BCUT2D eigenvalue weighted by molar-refractivity contribution is 0.572. The lowest BCUT2D eigenvalue weighted by Gasteiger charge is -2.19. The smallest absolute Gasteiger partial charge is 0.260 e. The van der Waals surface area contributed by atoms with E-state index in [2.05, 4.69) is 9.71 Å². The van der Waals surface area contributed by atoms with Crippen molar-refractivity contribution in [2.24, 2.45) is 7.05 Å². The summed E-state index contributed by atoms with van der Waals surface area (Å²) >= 11 is 0. The molecule has 3 N–H and O–H groups in total. The average Bonchev–Trinajstić information content (AvgIpc) is 2.79. The molecule has 2 rings (SSSR count). The molecule has 0 atom stereocenters. The van der Waals surface area contributed by atoms with Crippen molar-refractivity contribution >= 4 is 21.5 Å². The van der Waals surface area contributed by atoms with E-state index in [1.165, 1.54) is 10.9 Å². The molecule has 0 unspecified atom stereocenters. The Morgan fingerprint density at radius 1 is 1.33 bits per heavy atom. The van der Waals surface area contributed by atoms with E-state index in [1.54, 1.807) is 7.05 Å². The third kappa shape index (κ3) is 3.53. The van der Waals surface area contributed by atoms with Gasteiger partial charge in [0.15, 0.2) is 10.8 Å². The van der Waals surface area contributed by atoms with Crippen molar-refractivity contribution < 1.29 is 8.42 Å². The van der Waals surface area contributed by atoms with E-state index in [1.807, 2.05) is 42.3 Å². The minimum Gasteiger partial charge on any atom is -0.381 e. The van der Waals surface area contributed by atoms with Gasteiger partial charge in [-0.05, 0) is 12.1 Å². The van der Waals surface area contributed by atoms with Crippen LogP contribution in [0.3, 0.4) is 0 Å². The first-order valence-corrected chi connectivity index (χ1v) is 7.93. The van der Waals surface area contributed by atoms with Crippen molar-refractivity contribution in [3.63, 3.8) is 0 Å². The van der Waals surface area contributed by atoms with Gasteiger partial charge in [0.1, 0.15) is 0 Å². The molecule has 0 amide bonds. The van der Waals surface area contributed by atoms with Gasteiger partial charge in [-0.1, -0.05) is 18.2 Å². The molecular formula is C13H19N5O2S. The molecule has 0 saturated carbocycles. The van der Waals surface area contributed by atoms with Crippen molar-refractivity contribution in [3.8, 4) is 0 Å². The van der Waals surface area contributed by atoms with Crippen molar-refractivity contribution in [2.75, 3.05) is 30.8 Å². The van der Waals surface area contributed by atoms with Gasteiger partial charge in [0.25, 0.3) is 10.0 Å². The van der Waals surface area contributed by atoms with E-state index >= 15 is 0 Å². The zero-order valence-electron chi connectivity index (χ0n) is 12.0. The zero-order valence-corrected chi connectivity index (χ0v) is 12.8. The van der Waals surface area contributed by atoms with Crippen molar-refractivity contribution in [3.05, 3.63) is 36.7 Å². The second-order valence-corrected chi connectivity index (χ2v) is 6.38. The number of aromatic nitrogens is 2. The fraction of sp³-hybridized carbons (Fsp3) is 0.308. The second kappa shape index (κ2) is 6.15. The van der Waals surface area contributed by atoms with Crippen LogP contribution in [0.5, 0.6) is 0 Å². The van der Waals surface area contributed by atoms with Crippen LogP contribution in [0.15, 0.2) is 41.7 Å². The molecule has 8 heteroatoms. The molecule has 0 fully saturated rings. The summed E-state index contributed by atoms with van der Waals surface area (Å²) in [6, 6.07) is 9.74. The molecular weight excluding hydrogens is 290 g/mol. The summed E-state index contributed by atoms with van der Waals surface area (Å²) in [5.41, 5.74) is 6.61. The first-order valence-electron chi connectivity index (χ1n) is 6.44. The number of benzene rings is 1. The Balaban J connectivity index is 1.97. The molecule has 1 aromatic heterocycles. The number of rotatable bonds is 6. The first kappa shape index (κ1) is 15.3. The van der Waals surface area contributed by atoms with Crippen LogP contribution in [0.1, 0.15) is 0 Å². The number of imidazole rings is 1. The summed E-state index contributed by atoms with van der Waals surface area (Å²) in [5, 5.41) is -0.00939. The maximum Gasteiger partial charge on any atom is 0.260 e. The molecule has 0 saturated heterocycles. The number of aryl methyl sites for hydroxylation is 1. The Morgan fingerprint density at radius 3 is 2.57 bits per heavy atom. The first-order chi connectivity index (χ1) is 9.92. The average molecular weight is 309 g/mol. The number of para-hydroxylation sites is 1. The van der Waals surface area contributed by atoms with E-state index < -0.39 is 10.0 Å². The van der Waals surface area contributed by atoms with Crippen LogP contribution >= 0.6 is 0 Å². The van der Waals surface area contributed by atoms with Crippen LogP contribution in [0.25, 0.3) is 0 Å². The van der Waals surface area contributed by atoms with Gasteiger partial charge in [-0.25, -0.2) is 18.1 Å². The monoisotopic (exact) mass is 309 g/mol. The van der Waals surface area contributed by atoms with E-state index in [-0.39, 0.29) is 17.4 Å². The molecule has 0 bridgehead atoms. The molecule has 7 nitrogen and oxygen atoms in total. The standard InChI is InChI=1S/C13H19N5O2S/c1-17(11-6-4-3-5-7-11)9-8-16-21(19,20)13-12(14)15-10-18(13)2/h3-7,10,16H,8-9,14H2,1-2H3. The van der Waals surface area contributed by atoms with Crippen LogP contribution in [0.2, 0.25) is 0 Å². The van der Waals surface area contributed by atoms with Gasteiger partial charge >= 0.3 is 0 Å². The number of nitrogens with one attached hydrogen (secondary N) is 1. The highest BCUT2D eigenvalue weighted by Crippen LogP contribution is 2.15. The van der Waals surface area contributed by atoms with Crippen LogP contribution < -0.4 is 15.4 Å². The minimum atomic E-state index is -3.66. The van der Waals surface area contributed by atoms with E-state index in [0.717, 1.165) is 5.69 Å². The van der Waals surface area contributed by atoms with Gasteiger partial charge in [-0.3, -0.25) is 0 Å². The van der Waals surface area contributed by atoms with Gasteiger partial charge in [-0.15, -0.1) is 0 Å². The van der Waals surface area contributed by atoms with Crippen molar-refractivity contribution in [1.82, 2.24) is 14.3 Å². The normalized spacial score (nSPS) is 11.5. The highest BCUT2D eigenvalue weighted by Gasteiger charge is 2.21. The molecule has 0 aliphatic carbocycles. The number of nitrogen functional groups attached to an aromatic ring is 1. The molecule has 114 valence electrons. The second-order valence-electron chi connectivity index (χ2n) is 4.70. The van der Waals surface area contributed by atoms with Gasteiger partial charge in [0.05, 0.1) is 6.33 Å². The largest absolute Gasteiger partial charge is 0.381 e. The number of nitrogens with two attached hydrogens (primary N) is 1.